The first kappa shape index (κ1) is 19.2. The number of esters is 2. The Morgan fingerprint density at radius 3 is 2.19 bits per heavy atom. The standard InChI is InChI=1S/C18H16F2O6/c1-3-24-15-10-12(6-9-14(15)26-18(19)20)17(22)25-13-7-4-11(5-8-13)16(21)23-2/h4-10,18H,3H2,1-2H3. The molecule has 0 radical (unpaired) electrons. The number of methoxy groups -OCH3 is 1. The van der Waals surface area contributed by atoms with Crippen molar-refractivity contribution in [1.82, 2.24) is 0 Å². The van der Waals surface area contributed by atoms with E-state index in [0.717, 1.165) is 0 Å². The molecule has 0 saturated heterocycles. The van der Waals surface area contributed by atoms with Gasteiger partial charge in [0.05, 0.1) is 24.8 Å². The van der Waals surface area contributed by atoms with Crippen LogP contribution in [-0.2, 0) is 4.74 Å². The van der Waals surface area contributed by atoms with Gasteiger partial charge in [-0.05, 0) is 49.4 Å². The molecule has 26 heavy (non-hydrogen) atoms. The number of hydrogen-bond acceptors (Lipinski definition) is 6. The zero-order valence-electron chi connectivity index (χ0n) is 14.0. The molecule has 0 bridgehead atoms. The van der Waals surface area contributed by atoms with E-state index in [1.54, 1.807) is 6.92 Å². The summed E-state index contributed by atoms with van der Waals surface area (Å²) in [5, 5.41) is 0. The summed E-state index contributed by atoms with van der Waals surface area (Å²) in [5.41, 5.74) is 0.395. The molecule has 2 aromatic rings. The second kappa shape index (κ2) is 8.80. The van der Waals surface area contributed by atoms with Gasteiger partial charge in [0.2, 0.25) is 0 Å². The van der Waals surface area contributed by atoms with Crippen molar-refractivity contribution in [1.29, 1.82) is 0 Å². The van der Waals surface area contributed by atoms with Gasteiger partial charge in [-0.1, -0.05) is 0 Å². The molecule has 2 aromatic carbocycles. The molecule has 0 unspecified atom stereocenters. The Kier molecular flexibility index (Phi) is 6.48. The Balaban J connectivity index is 2.15. The monoisotopic (exact) mass is 366 g/mol. The van der Waals surface area contributed by atoms with Gasteiger partial charge in [-0.3, -0.25) is 0 Å². The van der Waals surface area contributed by atoms with E-state index < -0.39 is 18.6 Å². The highest BCUT2D eigenvalue weighted by Gasteiger charge is 2.16. The van der Waals surface area contributed by atoms with Crippen LogP contribution in [0.4, 0.5) is 8.78 Å². The molecule has 0 heterocycles. The van der Waals surface area contributed by atoms with E-state index in [-0.39, 0.29) is 29.4 Å². The number of hydrogen-bond donors (Lipinski definition) is 0. The van der Waals surface area contributed by atoms with Crippen LogP contribution in [-0.4, -0.2) is 32.3 Å². The van der Waals surface area contributed by atoms with Crippen molar-refractivity contribution in [3.63, 3.8) is 0 Å². The van der Waals surface area contributed by atoms with E-state index in [4.69, 9.17) is 9.47 Å². The lowest BCUT2D eigenvalue weighted by molar-refractivity contribution is -0.0514. The fraction of sp³-hybridized carbons (Fsp3) is 0.222. The topological polar surface area (TPSA) is 71.1 Å². The smallest absolute Gasteiger partial charge is 0.387 e. The second-order valence-corrected chi connectivity index (χ2v) is 4.88. The minimum absolute atomic E-state index is 0.00305. The third-order valence-electron chi connectivity index (χ3n) is 3.18. The molecule has 6 nitrogen and oxygen atoms in total. The van der Waals surface area contributed by atoms with Crippen LogP contribution in [0.3, 0.4) is 0 Å². The number of ether oxygens (including phenoxy) is 4. The van der Waals surface area contributed by atoms with Crippen molar-refractivity contribution in [3.05, 3.63) is 53.6 Å². The lowest BCUT2D eigenvalue weighted by Gasteiger charge is -2.12. The van der Waals surface area contributed by atoms with Crippen LogP contribution >= 0.6 is 0 Å². The van der Waals surface area contributed by atoms with Crippen molar-refractivity contribution in [3.8, 4) is 17.2 Å². The molecule has 0 aliphatic heterocycles. The van der Waals surface area contributed by atoms with Crippen LogP contribution in [0.15, 0.2) is 42.5 Å². The summed E-state index contributed by atoms with van der Waals surface area (Å²) in [6.45, 7) is -1.15. The van der Waals surface area contributed by atoms with Crippen LogP contribution in [0.5, 0.6) is 17.2 Å². The number of halogens is 2. The summed E-state index contributed by atoms with van der Waals surface area (Å²) in [5.74, 6) is -1.21. The fourth-order valence-electron chi connectivity index (χ4n) is 2.04. The molecule has 0 aliphatic carbocycles. The SMILES string of the molecule is CCOc1cc(C(=O)Oc2ccc(C(=O)OC)cc2)ccc1OC(F)F. The number of benzene rings is 2. The van der Waals surface area contributed by atoms with Gasteiger partial charge in [0.25, 0.3) is 0 Å². The maximum absolute atomic E-state index is 12.4. The molecule has 0 aliphatic rings. The van der Waals surface area contributed by atoms with E-state index >= 15 is 0 Å². The largest absolute Gasteiger partial charge is 0.490 e. The third-order valence-corrected chi connectivity index (χ3v) is 3.18. The number of carbonyl (C=O) groups is 2. The first-order valence-corrected chi connectivity index (χ1v) is 7.56. The summed E-state index contributed by atoms with van der Waals surface area (Å²) in [6, 6.07) is 9.49. The molecule has 0 fully saturated rings. The van der Waals surface area contributed by atoms with E-state index in [1.165, 1.54) is 49.6 Å². The highest BCUT2D eigenvalue weighted by Crippen LogP contribution is 2.30. The molecule has 0 amide bonds. The highest BCUT2D eigenvalue weighted by atomic mass is 19.3. The van der Waals surface area contributed by atoms with Crippen molar-refractivity contribution in [2.45, 2.75) is 13.5 Å². The van der Waals surface area contributed by atoms with Crippen molar-refractivity contribution in [2.75, 3.05) is 13.7 Å². The highest BCUT2D eigenvalue weighted by molar-refractivity contribution is 5.92. The van der Waals surface area contributed by atoms with Gasteiger partial charge in [-0.15, -0.1) is 0 Å². The van der Waals surface area contributed by atoms with Gasteiger partial charge in [0.15, 0.2) is 11.5 Å². The summed E-state index contributed by atoms with van der Waals surface area (Å²) >= 11 is 0. The van der Waals surface area contributed by atoms with Crippen molar-refractivity contribution < 1.29 is 37.3 Å². The Bertz CT molecular complexity index is 774. The average Bonchev–Trinajstić information content (AvgIpc) is 2.63. The molecule has 2 rings (SSSR count). The molecule has 8 heteroatoms. The lowest BCUT2D eigenvalue weighted by Crippen LogP contribution is -2.10. The number of rotatable bonds is 7. The van der Waals surface area contributed by atoms with Crippen LogP contribution < -0.4 is 14.2 Å². The van der Waals surface area contributed by atoms with Gasteiger partial charge in [0.1, 0.15) is 5.75 Å². The van der Waals surface area contributed by atoms with E-state index in [2.05, 4.69) is 9.47 Å². The minimum Gasteiger partial charge on any atom is -0.490 e. The zero-order chi connectivity index (χ0) is 19.1. The number of carbonyl (C=O) groups excluding carboxylic acids is 2. The minimum atomic E-state index is -3.01. The molecule has 0 N–H and O–H groups in total. The zero-order valence-corrected chi connectivity index (χ0v) is 14.0. The van der Waals surface area contributed by atoms with Crippen LogP contribution in [0, 0.1) is 0 Å². The quantitative estimate of drug-likeness (QED) is 0.550. The Morgan fingerprint density at radius 1 is 0.962 bits per heavy atom. The van der Waals surface area contributed by atoms with Crippen molar-refractivity contribution in [2.24, 2.45) is 0 Å². The van der Waals surface area contributed by atoms with Gasteiger partial charge in [-0.2, -0.15) is 8.78 Å². The molecule has 0 atom stereocenters. The predicted octanol–water partition coefficient (Wildman–Crippen LogP) is 3.69. The van der Waals surface area contributed by atoms with E-state index in [9.17, 15) is 18.4 Å². The first-order chi connectivity index (χ1) is 12.4. The molecule has 0 saturated carbocycles. The Hall–Kier alpha value is -3.16. The number of alkyl halides is 2. The van der Waals surface area contributed by atoms with Gasteiger partial charge in [0, 0.05) is 0 Å². The van der Waals surface area contributed by atoms with E-state index in [0.29, 0.717) is 5.56 Å². The second-order valence-electron chi connectivity index (χ2n) is 4.88. The Morgan fingerprint density at radius 2 is 1.62 bits per heavy atom. The van der Waals surface area contributed by atoms with Crippen molar-refractivity contribution >= 4 is 11.9 Å². The molecule has 0 spiro atoms. The van der Waals surface area contributed by atoms with Crippen LogP contribution in [0.1, 0.15) is 27.6 Å². The maximum Gasteiger partial charge on any atom is 0.387 e. The molecular formula is C18H16F2O6. The Labute approximate surface area is 148 Å². The normalized spacial score (nSPS) is 10.3. The molecule has 138 valence electrons. The maximum atomic E-state index is 12.4. The molecule has 0 aromatic heterocycles. The van der Waals surface area contributed by atoms with Crippen LogP contribution in [0.25, 0.3) is 0 Å². The average molecular weight is 366 g/mol. The van der Waals surface area contributed by atoms with Crippen LogP contribution in [0.2, 0.25) is 0 Å². The summed E-state index contributed by atoms with van der Waals surface area (Å²) in [6.07, 6.45) is 0. The summed E-state index contributed by atoms with van der Waals surface area (Å²) < 4.78 is 44.1. The van der Waals surface area contributed by atoms with Gasteiger partial charge < -0.3 is 18.9 Å². The van der Waals surface area contributed by atoms with Gasteiger partial charge >= 0.3 is 18.6 Å². The molecular weight excluding hydrogens is 350 g/mol. The third kappa shape index (κ3) is 4.92. The summed E-state index contributed by atoms with van der Waals surface area (Å²) in [7, 11) is 1.26. The fourth-order valence-corrected chi connectivity index (χ4v) is 2.04. The van der Waals surface area contributed by atoms with E-state index in [1.807, 2.05) is 0 Å². The lowest BCUT2D eigenvalue weighted by atomic mass is 10.2. The van der Waals surface area contributed by atoms with Gasteiger partial charge in [-0.25, -0.2) is 9.59 Å². The predicted molar refractivity (Wildman–Crippen MR) is 87.0 cm³/mol. The summed E-state index contributed by atoms with van der Waals surface area (Å²) in [4.78, 5) is 23.6. The first-order valence-electron chi connectivity index (χ1n) is 7.56.